The Bertz CT molecular complexity index is 216. The minimum Gasteiger partial charge on any atom is -0.387 e. The second kappa shape index (κ2) is 4.75. The molecule has 0 aromatic carbocycles. The smallest absolute Gasteiger partial charge is 0.164 e. The Labute approximate surface area is 73.4 Å². The number of carbonyl (C=O) groups excluding carboxylic acids is 1. The first-order valence-corrected chi connectivity index (χ1v) is 4.48. The highest BCUT2D eigenvalue weighted by Crippen LogP contribution is 2.07. The Morgan fingerprint density at radius 2 is 2.50 bits per heavy atom. The lowest BCUT2D eigenvalue weighted by atomic mass is 10.1. The van der Waals surface area contributed by atoms with Crippen LogP contribution in [0.15, 0.2) is 23.9 Å². The van der Waals surface area contributed by atoms with Crippen LogP contribution in [-0.4, -0.2) is 12.3 Å². The second-order valence-corrected chi connectivity index (χ2v) is 2.94. The van der Waals surface area contributed by atoms with Crippen LogP contribution in [0.25, 0.3) is 0 Å². The molecule has 2 nitrogen and oxygen atoms in total. The number of unbranched alkanes of at least 4 members (excludes halogenated alkanes) is 1. The number of nitrogens with one attached hydrogen (secondary N) is 1. The molecule has 0 bridgehead atoms. The average molecular weight is 165 g/mol. The van der Waals surface area contributed by atoms with Crippen molar-refractivity contribution in [2.75, 3.05) is 6.54 Å². The zero-order valence-corrected chi connectivity index (χ0v) is 7.47. The zero-order chi connectivity index (χ0) is 8.81. The molecule has 0 amide bonds. The quantitative estimate of drug-likeness (QED) is 0.688. The molecule has 1 N–H and O–H groups in total. The van der Waals surface area contributed by atoms with Crippen molar-refractivity contribution in [3.05, 3.63) is 23.9 Å². The minimum atomic E-state index is 0.250. The normalized spacial score (nSPS) is 15.2. The Morgan fingerprint density at radius 1 is 1.67 bits per heavy atom. The molecule has 0 unspecified atom stereocenters. The van der Waals surface area contributed by atoms with E-state index in [0.29, 0.717) is 6.42 Å². The summed E-state index contributed by atoms with van der Waals surface area (Å²) in [6, 6.07) is 0. The Balaban J connectivity index is 2.41. The van der Waals surface area contributed by atoms with Crippen molar-refractivity contribution in [1.82, 2.24) is 5.32 Å². The number of hydrogen-bond acceptors (Lipinski definition) is 2. The largest absolute Gasteiger partial charge is 0.387 e. The molecule has 2 heteroatoms. The van der Waals surface area contributed by atoms with Crippen LogP contribution < -0.4 is 5.32 Å². The van der Waals surface area contributed by atoms with Crippen LogP contribution in [-0.2, 0) is 4.79 Å². The molecule has 0 atom stereocenters. The first kappa shape index (κ1) is 9.04. The molecule has 0 fully saturated rings. The maximum Gasteiger partial charge on any atom is 0.164 e. The molecule has 0 saturated carbocycles. The summed E-state index contributed by atoms with van der Waals surface area (Å²) < 4.78 is 0. The van der Waals surface area contributed by atoms with Crippen molar-refractivity contribution in [3.8, 4) is 0 Å². The van der Waals surface area contributed by atoms with E-state index in [-0.39, 0.29) is 5.78 Å². The van der Waals surface area contributed by atoms with Gasteiger partial charge in [0.25, 0.3) is 0 Å². The predicted molar refractivity (Wildman–Crippen MR) is 49.8 cm³/mol. The van der Waals surface area contributed by atoms with E-state index in [2.05, 4.69) is 12.2 Å². The van der Waals surface area contributed by atoms with E-state index in [1.165, 1.54) is 0 Å². The molecule has 0 spiro atoms. The number of hydrogen-bond donors (Lipinski definition) is 1. The number of ketones is 1. The van der Waals surface area contributed by atoms with Gasteiger partial charge in [0, 0.05) is 24.7 Å². The molecule has 0 aliphatic carbocycles. The Hall–Kier alpha value is -1.05. The highest BCUT2D eigenvalue weighted by atomic mass is 16.1. The van der Waals surface area contributed by atoms with Gasteiger partial charge in [0.05, 0.1) is 0 Å². The van der Waals surface area contributed by atoms with Gasteiger partial charge >= 0.3 is 0 Å². The molecular weight excluding hydrogens is 150 g/mol. The van der Waals surface area contributed by atoms with Crippen LogP contribution in [0, 0.1) is 0 Å². The summed E-state index contributed by atoms with van der Waals surface area (Å²) in [7, 11) is 0. The van der Waals surface area contributed by atoms with Gasteiger partial charge in [0.2, 0.25) is 0 Å². The first-order chi connectivity index (χ1) is 5.84. The van der Waals surface area contributed by atoms with Crippen LogP contribution in [0.2, 0.25) is 0 Å². The Kier molecular flexibility index (Phi) is 3.58. The van der Waals surface area contributed by atoms with Crippen molar-refractivity contribution in [1.29, 1.82) is 0 Å². The van der Waals surface area contributed by atoms with Crippen molar-refractivity contribution in [2.24, 2.45) is 0 Å². The molecule has 0 aromatic rings. The summed E-state index contributed by atoms with van der Waals surface area (Å²) in [6.45, 7) is 2.93. The maximum atomic E-state index is 11.4. The topological polar surface area (TPSA) is 29.1 Å². The van der Waals surface area contributed by atoms with Crippen molar-refractivity contribution >= 4 is 5.78 Å². The predicted octanol–water partition coefficient (Wildman–Crippen LogP) is 1.79. The summed E-state index contributed by atoms with van der Waals surface area (Å²) in [5.41, 5.74) is 0.815. The fourth-order valence-corrected chi connectivity index (χ4v) is 1.13. The fraction of sp³-hybridized carbons (Fsp3) is 0.500. The van der Waals surface area contributed by atoms with Gasteiger partial charge in [-0.1, -0.05) is 25.5 Å². The van der Waals surface area contributed by atoms with Crippen molar-refractivity contribution in [2.45, 2.75) is 26.2 Å². The van der Waals surface area contributed by atoms with Gasteiger partial charge in [-0.3, -0.25) is 4.79 Å². The molecule has 1 rings (SSSR count). The molecular formula is C10H15NO. The third-order valence-corrected chi connectivity index (χ3v) is 1.87. The third kappa shape index (κ3) is 2.53. The highest BCUT2D eigenvalue weighted by Gasteiger charge is 2.06. The van der Waals surface area contributed by atoms with Gasteiger partial charge in [0.1, 0.15) is 0 Å². The zero-order valence-electron chi connectivity index (χ0n) is 7.47. The summed E-state index contributed by atoms with van der Waals surface area (Å²) in [5.74, 6) is 0.250. The molecule has 1 aliphatic heterocycles. The van der Waals surface area contributed by atoms with Crippen molar-refractivity contribution in [3.63, 3.8) is 0 Å². The Morgan fingerprint density at radius 3 is 3.08 bits per heavy atom. The molecule has 0 aromatic heterocycles. The summed E-state index contributed by atoms with van der Waals surface area (Å²) in [5, 5.41) is 3.02. The number of dihydropyridines is 1. The number of Topliss-reactive ketones (excluding diaryl/α,β-unsaturated/α-hetero) is 1. The lowest BCUT2D eigenvalue weighted by Gasteiger charge is -2.06. The maximum absolute atomic E-state index is 11.4. The monoisotopic (exact) mass is 165 g/mol. The summed E-state index contributed by atoms with van der Waals surface area (Å²) >= 11 is 0. The summed E-state index contributed by atoms with van der Waals surface area (Å²) in [4.78, 5) is 11.4. The van der Waals surface area contributed by atoms with Gasteiger partial charge in [0.15, 0.2) is 5.78 Å². The van der Waals surface area contributed by atoms with Crippen molar-refractivity contribution < 1.29 is 4.79 Å². The van der Waals surface area contributed by atoms with E-state index in [0.717, 1.165) is 25.0 Å². The lowest BCUT2D eigenvalue weighted by molar-refractivity contribution is -0.115. The molecule has 0 saturated heterocycles. The SMILES string of the molecule is CCCCC(=O)C1=CNCC=C1. The van der Waals surface area contributed by atoms with Crippen LogP contribution in [0.1, 0.15) is 26.2 Å². The summed E-state index contributed by atoms with van der Waals surface area (Å²) in [6.07, 6.45) is 8.42. The second-order valence-electron chi connectivity index (χ2n) is 2.94. The molecule has 1 aliphatic rings. The van der Waals surface area contributed by atoms with Crippen LogP contribution in [0.3, 0.4) is 0 Å². The van der Waals surface area contributed by atoms with Gasteiger partial charge in [-0.2, -0.15) is 0 Å². The van der Waals surface area contributed by atoms with Gasteiger partial charge in [-0.05, 0) is 6.42 Å². The number of allylic oxidation sites excluding steroid dienone is 2. The minimum absolute atomic E-state index is 0.250. The van der Waals surface area contributed by atoms with E-state index < -0.39 is 0 Å². The molecule has 0 radical (unpaired) electrons. The molecule has 66 valence electrons. The first-order valence-electron chi connectivity index (χ1n) is 4.48. The lowest BCUT2D eigenvalue weighted by Crippen LogP contribution is -2.13. The van der Waals surface area contributed by atoms with E-state index in [4.69, 9.17) is 0 Å². The highest BCUT2D eigenvalue weighted by molar-refractivity contribution is 5.97. The van der Waals surface area contributed by atoms with Gasteiger partial charge in [-0.25, -0.2) is 0 Å². The van der Waals surface area contributed by atoms with E-state index in [1.807, 2.05) is 12.2 Å². The molecule has 12 heavy (non-hydrogen) atoms. The fourth-order valence-electron chi connectivity index (χ4n) is 1.13. The van der Waals surface area contributed by atoms with E-state index in [1.54, 1.807) is 6.20 Å². The van der Waals surface area contributed by atoms with Gasteiger partial charge < -0.3 is 5.32 Å². The molecule has 1 heterocycles. The van der Waals surface area contributed by atoms with Gasteiger partial charge in [-0.15, -0.1) is 0 Å². The standard InChI is InChI=1S/C10H15NO/c1-2-3-6-10(12)9-5-4-7-11-8-9/h4-5,8,11H,2-3,6-7H2,1H3. The average Bonchev–Trinajstić information content (AvgIpc) is 2.15. The number of carbonyl (C=O) groups is 1. The number of rotatable bonds is 4. The van der Waals surface area contributed by atoms with E-state index >= 15 is 0 Å². The van der Waals surface area contributed by atoms with Crippen LogP contribution in [0.5, 0.6) is 0 Å². The van der Waals surface area contributed by atoms with Crippen LogP contribution in [0.4, 0.5) is 0 Å². The third-order valence-electron chi connectivity index (χ3n) is 1.87. The van der Waals surface area contributed by atoms with E-state index in [9.17, 15) is 4.79 Å². The van der Waals surface area contributed by atoms with Crippen LogP contribution >= 0.6 is 0 Å².